The van der Waals surface area contributed by atoms with Gasteiger partial charge in [0.2, 0.25) is 0 Å². The molecule has 1 N–H and O–H groups in total. The van der Waals surface area contributed by atoms with E-state index >= 15 is 0 Å². The van der Waals surface area contributed by atoms with Crippen LogP contribution in [0.4, 0.5) is 0 Å². The third-order valence-corrected chi connectivity index (χ3v) is 3.19. The van der Waals surface area contributed by atoms with Crippen LogP contribution in [0.5, 0.6) is 0 Å². The number of halogens is 1. The predicted octanol–water partition coefficient (Wildman–Crippen LogP) is 2.85. The molecule has 4 nitrogen and oxygen atoms in total. The first kappa shape index (κ1) is 12.6. The van der Waals surface area contributed by atoms with Crippen LogP contribution in [0, 0.1) is 6.92 Å². The molecule has 0 aliphatic rings. The standard InChI is InChI=1S/C13H13ClN2O2/c1-9-10(14)3-2-4-11(9)16-8-7-15-12(16)5-6-13(17)18/h2-4,7-8H,5-6H2,1H3,(H,17,18). The van der Waals surface area contributed by atoms with E-state index in [4.69, 9.17) is 16.7 Å². The van der Waals surface area contributed by atoms with E-state index in [-0.39, 0.29) is 6.42 Å². The number of rotatable bonds is 4. The van der Waals surface area contributed by atoms with Gasteiger partial charge in [0.15, 0.2) is 0 Å². The van der Waals surface area contributed by atoms with Gasteiger partial charge in [-0.1, -0.05) is 17.7 Å². The summed E-state index contributed by atoms with van der Waals surface area (Å²) in [7, 11) is 0. The number of aliphatic carboxylic acids is 1. The molecule has 0 fully saturated rings. The third-order valence-electron chi connectivity index (χ3n) is 2.78. The number of hydrogen-bond acceptors (Lipinski definition) is 2. The topological polar surface area (TPSA) is 55.1 Å². The Labute approximate surface area is 110 Å². The van der Waals surface area contributed by atoms with Crippen LogP contribution in [0.1, 0.15) is 17.8 Å². The van der Waals surface area contributed by atoms with Crippen molar-refractivity contribution in [2.24, 2.45) is 0 Å². The van der Waals surface area contributed by atoms with E-state index < -0.39 is 5.97 Å². The lowest BCUT2D eigenvalue weighted by Gasteiger charge is -2.11. The molecule has 0 aliphatic heterocycles. The van der Waals surface area contributed by atoms with E-state index in [2.05, 4.69) is 4.98 Å². The number of carbonyl (C=O) groups is 1. The number of carboxylic acids is 1. The fourth-order valence-electron chi connectivity index (χ4n) is 1.81. The normalized spacial score (nSPS) is 10.6. The van der Waals surface area contributed by atoms with Crippen molar-refractivity contribution in [3.8, 4) is 5.69 Å². The van der Waals surface area contributed by atoms with Crippen LogP contribution >= 0.6 is 11.6 Å². The lowest BCUT2D eigenvalue weighted by molar-refractivity contribution is -0.137. The lowest BCUT2D eigenvalue weighted by Crippen LogP contribution is -2.05. The van der Waals surface area contributed by atoms with Crippen LogP contribution in [0.25, 0.3) is 5.69 Å². The predicted molar refractivity (Wildman–Crippen MR) is 69.3 cm³/mol. The van der Waals surface area contributed by atoms with Crippen LogP contribution in [0.2, 0.25) is 5.02 Å². The highest BCUT2D eigenvalue weighted by molar-refractivity contribution is 6.31. The zero-order chi connectivity index (χ0) is 13.1. The van der Waals surface area contributed by atoms with Gasteiger partial charge in [0.25, 0.3) is 0 Å². The van der Waals surface area contributed by atoms with Gasteiger partial charge in [0.1, 0.15) is 5.82 Å². The largest absolute Gasteiger partial charge is 0.481 e. The van der Waals surface area contributed by atoms with Crippen LogP contribution in [0.3, 0.4) is 0 Å². The molecule has 1 aromatic carbocycles. The SMILES string of the molecule is Cc1c(Cl)cccc1-n1ccnc1CCC(=O)O. The highest BCUT2D eigenvalue weighted by atomic mass is 35.5. The van der Waals surface area contributed by atoms with Gasteiger partial charge in [-0.15, -0.1) is 0 Å². The second-order valence-corrected chi connectivity index (χ2v) is 4.40. The van der Waals surface area contributed by atoms with Crippen LogP contribution in [0.15, 0.2) is 30.6 Å². The maximum atomic E-state index is 10.6. The molecule has 94 valence electrons. The molecule has 0 unspecified atom stereocenters. The molecule has 1 heterocycles. The van der Waals surface area contributed by atoms with Crippen molar-refractivity contribution in [1.29, 1.82) is 0 Å². The summed E-state index contributed by atoms with van der Waals surface area (Å²) >= 11 is 6.08. The zero-order valence-corrected chi connectivity index (χ0v) is 10.7. The van der Waals surface area contributed by atoms with E-state index in [0.29, 0.717) is 11.4 Å². The van der Waals surface area contributed by atoms with Crippen molar-refractivity contribution in [3.05, 3.63) is 47.0 Å². The molecule has 0 spiro atoms. The van der Waals surface area contributed by atoms with Crippen molar-refractivity contribution in [2.45, 2.75) is 19.8 Å². The van der Waals surface area contributed by atoms with E-state index in [1.54, 1.807) is 6.20 Å². The Morgan fingerprint density at radius 1 is 1.50 bits per heavy atom. The molecule has 2 aromatic rings. The van der Waals surface area contributed by atoms with Crippen molar-refractivity contribution < 1.29 is 9.90 Å². The molecule has 0 aliphatic carbocycles. The number of carboxylic acid groups (broad SMARTS) is 1. The zero-order valence-electron chi connectivity index (χ0n) is 9.93. The van der Waals surface area contributed by atoms with Gasteiger partial charge < -0.3 is 9.67 Å². The minimum atomic E-state index is -0.827. The summed E-state index contributed by atoms with van der Waals surface area (Å²) in [5.41, 5.74) is 1.88. The Bertz CT molecular complexity index is 578. The Morgan fingerprint density at radius 2 is 2.28 bits per heavy atom. The van der Waals surface area contributed by atoms with Gasteiger partial charge in [-0.3, -0.25) is 4.79 Å². The van der Waals surface area contributed by atoms with Gasteiger partial charge in [0.05, 0.1) is 12.1 Å². The summed E-state index contributed by atoms with van der Waals surface area (Å²) in [6, 6.07) is 5.63. The maximum Gasteiger partial charge on any atom is 0.303 e. The molecule has 0 atom stereocenters. The summed E-state index contributed by atoms with van der Waals surface area (Å²) in [6.07, 6.45) is 3.94. The number of imidazole rings is 1. The van der Waals surface area contributed by atoms with Gasteiger partial charge in [0, 0.05) is 23.8 Å². The molecule has 1 aromatic heterocycles. The van der Waals surface area contributed by atoms with Crippen molar-refractivity contribution >= 4 is 17.6 Å². The molecule has 0 bridgehead atoms. The molecule has 18 heavy (non-hydrogen) atoms. The molecule has 2 rings (SSSR count). The number of aromatic nitrogens is 2. The fourth-order valence-corrected chi connectivity index (χ4v) is 1.98. The van der Waals surface area contributed by atoms with Gasteiger partial charge in [-0.25, -0.2) is 4.98 Å². The molecule has 0 saturated carbocycles. The number of benzene rings is 1. The summed E-state index contributed by atoms with van der Waals surface area (Å²) in [6.45, 7) is 1.93. The highest BCUT2D eigenvalue weighted by Crippen LogP contribution is 2.23. The highest BCUT2D eigenvalue weighted by Gasteiger charge is 2.10. The first-order valence-electron chi connectivity index (χ1n) is 5.59. The second-order valence-electron chi connectivity index (χ2n) is 3.99. The minimum Gasteiger partial charge on any atom is -0.481 e. The lowest BCUT2D eigenvalue weighted by atomic mass is 10.2. The van der Waals surface area contributed by atoms with Crippen LogP contribution in [-0.2, 0) is 11.2 Å². The Morgan fingerprint density at radius 3 is 3.00 bits per heavy atom. The molecule has 0 amide bonds. The molecular weight excluding hydrogens is 252 g/mol. The maximum absolute atomic E-state index is 10.6. The Kier molecular flexibility index (Phi) is 3.67. The van der Waals surface area contributed by atoms with E-state index in [1.165, 1.54) is 0 Å². The molecule has 5 heteroatoms. The quantitative estimate of drug-likeness (QED) is 0.924. The summed E-state index contributed by atoms with van der Waals surface area (Å²) < 4.78 is 1.88. The number of nitrogens with zero attached hydrogens (tertiary/aromatic N) is 2. The Balaban J connectivity index is 2.36. The average molecular weight is 265 g/mol. The minimum absolute atomic E-state index is 0.0661. The van der Waals surface area contributed by atoms with E-state index in [1.807, 2.05) is 35.9 Å². The summed E-state index contributed by atoms with van der Waals surface area (Å²) in [5.74, 6) is -0.102. The average Bonchev–Trinajstić information content (AvgIpc) is 2.78. The van der Waals surface area contributed by atoms with Crippen molar-refractivity contribution in [1.82, 2.24) is 9.55 Å². The van der Waals surface area contributed by atoms with Gasteiger partial charge in [-0.2, -0.15) is 0 Å². The first-order valence-corrected chi connectivity index (χ1v) is 5.97. The van der Waals surface area contributed by atoms with Crippen molar-refractivity contribution in [3.63, 3.8) is 0 Å². The van der Waals surface area contributed by atoms with Crippen molar-refractivity contribution in [2.75, 3.05) is 0 Å². The number of aryl methyl sites for hydroxylation is 1. The third kappa shape index (κ3) is 2.54. The van der Waals surface area contributed by atoms with E-state index in [9.17, 15) is 4.79 Å². The van der Waals surface area contributed by atoms with E-state index in [0.717, 1.165) is 17.1 Å². The summed E-state index contributed by atoms with van der Waals surface area (Å²) in [5, 5.41) is 9.40. The molecule has 0 saturated heterocycles. The monoisotopic (exact) mass is 264 g/mol. The first-order chi connectivity index (χ1) is 8.59. The molecule has 0 radical (unpaired) electrons. The van der Waals surface area contributed by atoms with Crippen LogP contribution < -0.4 is 0 Å². The smallest absolute Gasteiger partial charge is 0.303 e. The second kappa shape index (κ2) is 5.23. The fraction of sp³-hybridized carbons (Fsp3) is 0.231. The van der Waals surface area contributed by atoms with Gasteiger partial charge >= 0.3 is 5.97 Å². The Hall–Kier alpha value is -1.81. The van der Waals surface area contributed by atoms with Gasteiger partial charge in [-0.05, 0) is 24.6 Å². The summed E-state index contributed by atoms with van der Waals surface area (Å²) in [4.78, 5) is 14.8. The van der Waals surface area contributed by atoms with Crippen LogP contribution in [-0.4, -0.2) is 20.6 Å². The number of hydrogen-bond donors (Lipinski definition) is 1. The molecular formula is C13H13ClN2O2.